The van der Waals surface area contributed by atoms with E-state index in [0.29, 0.717) is 6.04 Å². The molecule has 0 heterocycles. The van der Waals surface area contributed by atoms with Gasteiger partial charge in [-0.2, -0.15) is 0 Å². The molecular formula is C14H21N3O2. The number of nitrogens with one attached hydrogen (secondary N) is 1. The summed E-state index contributed by atoms with van der Waals surface area (Å²) in [7, 11) is 0. The van der Waals surface area contributed by atoms with Crippen LogP contribution in [-0.4, -0.2) is 29.0 Å². The molecule has 1 N–H and O–H groups in total. The first-order valence-electron chi connectivity index (χ1n) is 6.91. The quantitative estimate of drug-likeness (QED) is 0.607. The summed E-state index contributed by atoms with van der Waals surface area (Å²) in [6.07, 6.45) is 2.50. The van der Waals surface area contributed by atoms with E-state index in [1.807, 2.05) is 13.0 Å². The number of benzene rings is 1. The van der Waals surface area contributed by atoms with Gasteiger partial charge in [-0.3, -0.25) is 15.0 Å². The Labute approximate surface area is 113 Å². The Morgan fingerprint density at radius 2 is 2.16 bits per heavy atom. The first-order chi connectivity index (χ1) is 9.15. The highest BCUT2D eigenvalue weighted by Gasteiger charge is 2.28. The Morgan fingerprint density at radius 1 is 1.42 bits per heavy atom. The van der Waals surface area contributed by atoms with Gasteiger partial charge in [-0.25, -0.2) is 0 Å². The molecule has 1 aliphatic rings. The summed E-state index contributed by atoms with van der Waals surface area (Å²) in [5.41, 5.74) is 2.19. The van der Waals surface area contributed by atoms with Crippen LogP contribution in [0.4, 0.5) is 11.4 Å². The molecule has 0 radical (unpaired) electrons. The van der Waals surface area contributed by atoms with E-state index in [9.17, 15) is 10.1 Å². The average Bonchev–Trinajstić information content (AvgIpc) is 3.22. The fourth-order valence-corrected chi connectivity index (χ4v) is 2.34. The molecule has 2 rings (SSSR count). The molecule has 0 aromatic heterocycles. The van der Waals surface area contributed by atoms with Crippen LogP contribution >= 0.6 is 0 Å². The molecule has 0 unspecified atom stereocenters. The van der Waals surface area contributed by atoms with Crippen LogP contribution in [0.25, 0.3) is 0 Å². The maximum atomic E-state index is 10.9. The number of nitro groups is 1. The molecule has 0 bridgehead atoms. The summed E-state index contributed by atoms with van der Waals surface area (Å²) in [5.74, 6) is 0. The molecule has 5 heteroatoms. The topological polar surface area (TPSA) is 58.4 Å². The number of rotatable bonds is 7. The smallest absolute Gasteiger partial charge is 0.269 e. The number of nitrogens with zero attached hydrogens (tertiary/aromatic N) is 2. The fourth-order valence-electron chi connectivity index (χ4n) is 2.34. The van der Waals surface area contributed by atoms with Crippen LogP contribution < -0.4 is 5.32 Å². The van der Waals surface area contributed by atoms with Crippen molar-refractivity contribution in [1.29, 1.82) is 0 Å². The summed E-state index contributed by atoms with van der Waals surface area (Å²) in [6.45, 7) is 6.76. The number of anilines is 1. The number of hydrogen-bond acceptors (Lipinski definition) is 4. The van der Waals surface area contributed by atoms with Gasteiger partial charge in [-0.05, 0) is 37.9 Å². The molecule has 0 saturated heterocycles. The van der Waals surface area contributed by atoms with Gasteiger partial charge in [0.2, 0.25) is 0 Å². The van der Waals surface area contributed by atoms with E-state index in [1.54, 1.807) is 12.1 Å². The van der Waals surface area contributed by atoms with Crippen molar-refractivity contribution in [3.63, 3.8) is 0 Å². The van der Waals surface area contributed by atoms with Crippen molar-refractivity contribution in [3.8, 4) is 0 Å². The monoisotopic (exact) mass is 263 g/mol. The lowest BCUT2D eigenvalue weighted by Crippen LogP contribution is -2.25. The predicted molar refractivity (Wildman–Crippen MR) is 76.4 cm³/mol. The third kappa shape index (κ3) is 3.44. The lowest BCUT2D eigenvalue weighted by atomic mass is 10.1. The zero-order valence-electron chi connectivity index (χ0n) is 11.6. The molecule has 5 nitrogen and oxygen atoms in total. The molecule has 1 fully saturated rings. The lowest BCUT2D eigenvalue weighted by molar-refractivity contribution is -0.384. The van der Waals surface area contributed by atoms with Crippen molar-refractivity contribution in [2.45, 2.75) is 39.3 Å². The Morgan fingerprint density at radius 3 is 2.68 bits per heavy atom. The number of non-ortho nitro benzene ring substituents is 1. The van der Waals surface area contributed by atoms with E-state index >= 15 is 0 Å². The SMILES string of the molecule is CCNc1ccc([N+](=O)[O-])cc1CN(CC)C1CC1. The van der Waals surface area contributed by atoms with Crippen LogP contribution in [0, 0.1) is 10.1 Å². The van der Waals surface area contributed by atoms with Crippen LogP contribution in [-0.2, 0) is 6.54 Å². The number of nitro benzene ring substituents is 1. The van der Waals surface area contributed by atoms with Crippen LogP contribution in [0.5, 0.6) is 0 Å². The largest absolute Gasteiger partial charge is 0.385 e. The molecule has 1 saturated carbocycles. The molecule has 0 amide bonds. The van der Waals surface area contributed by atoms with Gasteiger partial charge < -0.3 is 5.32 Å². The minimum absolute atomic E-state index is 0.170. The normalized spacial score (nSPS) is 14.7. The minimum atomic E-state index is -0.327. The molecule has 1 aliphatic carbocycles. The molecule has 104 valence electrons. The Hall–Kier alpha value is -1.62. The third-order valence-corrected chi connectivity index (χ3v) is 3.51. The average molecular weight is 263 g/mol. The van der Waals surface area contributed by atoms with Crippen LogP contribution in [0.2, 0.25) is 0 Å². The Bertz CT molecular complexity index is 458. The van der Waals surface area contributed by atoms with E-state index in [2.05, 4.69) is 17.1 Å². The second-order valence-corrected chi connectivity index (χ2v) is 4.92. The first-order valence-corrected chi connectivity index (χ1v) is 6.91. The summed E-state index contributed by atoms with van der Waals surface area (Å²) in [5, 5.41) is 14.2. The maximum Gasteiger partial charge on any atom is 0.269 e. The van der Waals surface area contributed by atoms with Crippen molar-refractivity contribution in [2.75, 3.05) is 18.4 Å². The van der Waals surface area contributed by atoms with Crippen molar-refractivity contribution < 1.29 is 4.92 Å². The fraction of sp³-hybridized carbons (Fsp3) is 0.571. The zero-order valence-corrected chi connectivity index (χ0v) is 11.6. The Balaban J connectivity index is 2.22. The molecular weight excluding hydrogens is 242 g/mol. The van der Waals surface area contributed by atoms with E-state index in [1.165, 1.54) is 12.8 Å². The molecule has 19 heavy (non-hydrogen) atoms. The molecule has 1 aromatic rings. The minimum Gasteiger partial charge on any atom is -0.385 e. The summed E-state index contributed by atoms with van der Waals surface area (Å²) < 4.78 is 0. The van der Waals surface area contributed by atoms with Gasteiger partial charge >= 0.3 is 0 Å². The van der Waals surface area contributed by atoms with Crippen molar-refractivity contribution in [2.24, 2.45) is 0 Å². The van der Waals surface area contributed by atoms with E-state index in [4.69, 9.17) is 0 Å². The summed E-state index contributed by atoms with van der Waals surface area (Å²) in [4.78, 5) is 13.0. The standard InChI is InChI=1S/C14H21N3O2/c1-3-15-14-8-7-13(17(18)19)9-11(14)10-16(4-2)12-5-6-12/h7-9,12,15H,3-6,10H2,1-2H3. The van der Waals surface area contributed by atoms with Crippen molar-refractivity contribution in [1.82, 2.24) is 4.90 Å². The highest BCUT2D eigenvalue weighted by atomic mass is 16.6. The predicted octanol–water partition coefficient (Wildman–Crippen LogP) is 3.01. The maximum absolute atomic E-state index is 10.9. The lowest BCUT2D eigenvalue weighted by Gasteiger charge is -2.21. The highest BCUT2D eigenvalue weighted by molar-refractivity contribution is 5.56. The van der Waals surface area contributed by atoms with Crippen LogP contribution in [0.1, 0.15) is 32.3 Å². The van der Waals surface area contributed by atoms with Gasteiger partial charge in [0.15, 0.2) is 0 Å². The zero-order chi connectivity index (χ0) is 13.8. The van der Waals surface area contributed by atoms with Crippen LogP contribution in [0.15, 0.2) is 18.2 Å². The Kier molecular flexibility index (Phi) is 4.37. The molecule has 0 aliphatic heterocycles. The highest BCUT2D eigenvalue weighted by Crippen LogP contribution is 2.30. The second-order valence-electron chi connectivity index (χ2n) is 4.92. The summed E-state index contributed by atoms with van der Waals surface area (Å²) in [6, 6.07) is 5.74. The first kappa shape index (κ1) is 13.8. The molecule has 0 spiro atoms. The van der Waals surface area contributed by atoms with Gasteiger partial charge in [-0.15, -0.1) is 0 Å². The van der Waals surface area contributed by atoms with Gasteiger partial charge in [0.05, 0.1) is 4.92 Å². The van der Waals surface area contributed by atoms with E-state index < -0.39 is 0 Å². The van der Waals surface area contributed by atoms with Crippen LogP contribution in [0.3, 0.4) is 0 Å². The second kappa shape index (κ2) is 6.02. The third-order valence-electron chi connectivity index (χ3n) is 3.51. The molecule has 0 atom stereocenters. The van der Waals surface area contributed by atoms with Gasteiger partial charge in [0.1, 0.15) is 0 Å². The van der Waals surface area contributed by atoms with Gasteiger partial charge in [0.25, 0.3) is 5.69 Å². The molecule has 1 aromatic carbocycles. The van der Waals surface area contributed by atoms with E-state index in [-0.39, 0.29) is 10.6 Å². The van der Waals surface area contributed by atoms with E-state index in [0.717, 1.165) is 30.9 Å². The van der Waals surface area contributed by atoms with Gasteiger partial charge in [-0.1, -0.05) is 6.92 Å². The van der Waals surface area contributed by atoms with Gasteiger partial charge in [0, 0.05) is 37.0 Å². The summed E-state index contributed by atoms with van der Waals surface area (Å²) >= 11 is 0. The number of hydrogen-bond donors (Lipinski definition) is 1. The van der Waals surface area contributed by atoms with Crippen molar-refractivity contribution in [3.05, 3.63) is 33.9 Å². The van der Waals surface area contributed by atoms with Crippen molar-refractivity contribution >= 4 is 11.4 Å².